The second-order valence-electron chi connectivity index (χ2n) is 9.79. The lowest BCUT2D eigenvalue weighted by atomic mass is 9.92. The van der Waals surface area contributed by atoms with E-state index in [1.54, 1.807) is 13.0 Å². The van der Waals surface area contributed by atoms with Gasteiger partial charge in [-0.15, -0.1) is 0 Å². The third-order valence-electron chi connectivity index (χ3n) is 6.96. The fourth-order valence-electron chi connectivity index (χ4n) is 5.02. The van der Waals surface area contributed by atoms with Gasteiger partial charge in [0.1, 0.15) is 11.6 Å². The van der Waals surface area contributed by atoms with E-state index in [0.29, 0.717) is 11.3 Å². The van der Waals surface area contributed by atoms with E-state index in [1.165, 1.54) is 12.1 Å². The van der Waals surface area contributed by atoms with Crippen molar-refractivity contribution in [1.82, 2.24) is 9.80 Å². The van der Waals surface area contributed by atoms with Crippen LogP contribution in [0, 0.1) is 5.82 Å². The van der Waals surface area contributed by atoms with E-state index in [-0.39, 0.29) is 29.7 Å². The first-order valence-electron chi connectivity index (χ1n) is 12.5. The minimum Gasteiger partial charge on any atom is -0.482 e. The monoisotopic (exact) mass is 504 g/mol. The van der Waals surface area contributed by atoms with Crippen LogP contribution in [0.4, 0.5) is 4.39 Å². The van der Waals surface area contributed by atoms with Crippen LogP contribution in [-0.4, -0.2) is 58.4 Å². The van der Waals surface area contributed by atoms with Crippen molar-refractivity contribution in [2.45, 2.75) is 45.4 Å². The van der Waals surface area contributed by atoms with Crippen molar-refractivity contribution in [3.8, 4) is 5.75 Å². The Labute approximate surface area is 217 Å². The molecule has 4 rings (SSSR count). The summed E-state index contributed by atoms with van der Waals surface area (Å²) in [6, 6.07) is 22.3. The molecule has 0 unspecified atom stereocenters. The van der Waals surface area contributed by atoms with Crippen molar-refractivity contribution in [3.05, 3.63) is 101 Å². The topological polar surface area (TPSA) is 70.1 Å². The summed E-state index contributed by atoms with van der Waals surface area (Å²) in [7, 11) is 0. The Morgan fingerprint density at radius 3 is 2.32 bits per heavy atom. The Morgan fingerprint density at radius 2 is 1.68 bits per heavy atom. The molecule has 0 amide bonds. The highest BCUT2D eigenvalue weighted by molar-refractivity contribution is 5.94. The van der Waals surface area contributed by atoms with Crippen LogP contribution in [0.2, 0.25) is 0 Å². The van der Waals surface area contributed by atoms with Crippen LogP contribution in [0.1, 0.15) is 53.9 Å². The van der Waals surface area contributed by atoms with Gasteiger partial charge in [-0.2, -0.15) is 0 Å². The maximum absolute atomic E-state index is 13.4. The molecule has 0 aliphatic carbocycles. The second-order valence-corrected chi connectivity index (χ2v) is 9.79. The van der Waals surface area contributed by atoms with Crippen LogP contribution in [0.15, 0.2) is 72.8 Å². The van der Waals surface area contributed by atoms with Gasteiger partial charge in [0.2, 0.25) is 0 Å². The number of nitrogens with zero attached hydrogens (tertiary/aromatic N) is 2. The fourth-order valence-corrected chi connectivity index (χ4v) is 5.02. The molecule has 1 N–H and O–H groups in total. The minimum absolute atomic E-state index is 0.0172. The number of carbonyl (C=O) groups excluding carboxylic acids is 1. The molecule has 194 valence electrons. The molecular formula is C30H33FN2O4. The number of hydrogen-bond donors (Lipinski definition) is 1. The first kappa shape index (κ1) is 26.5. The lowest BCUT2D eigenvalue weighted by Gasteiger charge is -2.47. The molecule has 0 bridgehead atoms. The van der Waals surface area contributed by atoms with Gasteiger partial charge in [0.25, 0.3) is 0 Å². The smallest absolute Gasteiger partial charge is 0.341 e. The van der Waals surface area contributed by atoms with Crippen LogP contribution < -0.4 is 4.74 Å². The summed E-state index contributed by atoms with van der Waals surface area (Å²) in [5, 5.41) is 9.03. The third-order valence-corrected chi connectivity index (χ3v) is 6.96. The molecule has 3 aromatic carbocycles. The molecule has 37 heavy (non-hydrogen) atoms. The van der Waals surface area contributed by atoms with E-state index < -0.39 is 12.6 Å². The molecule has 1 heterocycles. The van der Waals surface area contributed by atoms with E-state index in [9.17, 15) is 14.0 Å². The van der Waals surface area contributed by atoms with Gasteiger partial charge in [-0.25, -0.2) is 9.18 Å². The van der Waals surface area contributed by atoms with Crippen LogP contribution in [-0.2, 0) is 11.3 Å². The first-order valence-corrected chi connectivity index (χ1v) is 12.5. The number of rotatable bonds is 9. The van der Waals surface area contributed by atoms with Crippen LogP contribution in [0.5, 0.6) is 5.75 Å². The number of Topliss-reactive ketones (excluding diaryl/α,β-unsaturated/α-hetero) is 1. The number of ketones is 1. The third kappa shape index (κ3) is 6.61. The van der Waals surface area contributed by atoms with Gasteiger partial charge in [0.15, 0.2) is 12.4 Å². The molecule has 3 aromatic rings. The number of halogens is 1. The first-order chi connectivity index (χ1) is 17.7. The zero-order valence-corrected chi connectivity index (χ0v) is 21.4. The average Bonchev–Trinajstić information content (AvgIpc) is 2.87. The van der Waals surface area contributed by atoms with Crippen molar-refractivity contribution in [2.75, 3.05) is 19.7 Å². The van der Waals surface area contributed by atoms with E-state index in [0.717, 1.165) is 36.3 Å². The Bertz CT molecular complexity index is 1230. The molecular weight excluding hydrogens is 471 g/mol. The Balaban J connectivity index is 1.63. The summed E-state index contributed by atoms with van der Waals surface area (Å²) >= 11 is 0. The molecule has 1 aliphatic rings. The number of carboxylic acid groups (broad SMARTS) is 1. The highest BCUT2D eigenvalue weighted by atomic mass is 19.1. The molecule has 3 atom stereocenters. The molecule has 6 nitrogen and oxygen atoms in total. The molecule has 1 aliphatic heterocycles. The predicted molar refractivity (Wildman–Crippen MR) is 140 cm³/mol. The average molecular weight is 505 g/mol. The maximum atomic E-state index is 13.4. The number of ether oxygens (including phenoxy) is 1. The standard InChI is InChI=1S/C30H33FN2O4/c1-20-17-33(21(2)16-32(20)18-23-7-13-27(31)14-8-23)30(25-11-9-24(10-12-25)22(3)34)26-5-4-6-28(15-26)37-19-29(35)36/h4-15,20-21,30H,16-19H2,1-3H3,(H,35,36)/t20-,21+,30-/m1/s1. The summed E-state index contributed by atoms with van der Waals surface area (Å²) in [6.07, 6.45) is 0. The lowest BCUT2D eigenvalue weighted by molar-refractivity contribution is -0.139. The van der Waals surface area contributed by atoms with Crippen LogP contribution >= 0.6 is 0 Å². The zero-order chi connectivity index (χ0) is 26.5. The van der Waals surface area contributed by atoms with Crippen LogP contribution in [0.3, 0.4) is 0 Å². The maximum Gasteiger partial charge on any atom is 0.341 e. The number of carboxylic acids is 1. The largest absolute Gasteiger partial charge is 0.482 e. The number of benzene rings is 3. The molecule has 0 aromatic heterocycles. The summed E-state index contributed by atoms with van der Waals surface area (Å²) in [5.41, 5.74) is 3.77. The van der Waals surface area contributed by atoms with Gasteiger partial charge in [0, 0.05) is 37.3 Å². The molecule has 1 fully saturated rings. The van der Waals surface area contributed by atoms with Crippen molar-refractivity contribution in [1.29, 1.82) is 0 Å². The quantitative estimate of drug-likeness (QED) is 0.405. The number of aliphatic carboxylic acids is 1. The van der Waals surface area contributed by atoms with Crippen LogP contribution in [0.25, 0.3) is 0 Å². The van der Waals surface area contributed by atoms with Gasteiger partial charge < -0.3 is 9.84 Å². The molecule has 7 heteroatoms. The van der Waals surface area contributed by atoms with Gasteiger partial charge in [-0.3, -0.25) is 14.6 Å². The van der Waals surface area contributed by atoms with Gasteiger partial charge in [0.05, 0.1) is 6.04 Å². The Hall–Kier alpha value is -3.55. The fraction of sp³-hybridized carbons (Fsp3) is 0.333. The van der Waals surface area contributed by atoms with Crippen molar-refractivity contribution in [3.63, 3.8) is 0 Å². The Kier molecular flexibility index (Phi) is 8.36. The summed E-state index contributed by atoms with van der Waals surface area (Å²) in [5.74, 6) is -0.742. The number of hydrogen-bond acceptors (Lipinski definition) is 5. The zero-order valence-electron chi connectivity index (χ0n) is 21.4. The summed E-state index contributed by atoms with van der Waals surface area (Å²) in [6.45, 7) is 7.92. The molecule has 1 saturated heterocycles. The van der Waals surface area contributed by atoms with E-state index in [1.807, 2.05) is 54.6 Å². The lowest BCUT2D eigenvalue weighted by Crippen LogP contribution is -2.56. The Morgan fingerprint density at radius 1 is 0.973 bits per heavy atom. The molecule has 0 spiro atoms. The van der Waals surface area contributed by atoms with Gasteiger partial charge >= 0.3 is 5.97 Å². The molecule has 0 saturated carbocycles. The van der Waals surface area contributed by atoms with E-state index in [4.69, 9.17) is 9.84 Å². The van der Waals surface area contributed by atoms with Crippen molar-refractivity contribution >= 4 is 11.8 Å². The number of piperazine rings is 1. The second kappa shape index (κ2) is 11.7. The van der Waals surface area contributed by atoms with E-state index in [2.05, 4.69) is 23.6 Å². The van der Waals surface area contributed by atoms with Crippen molar-refractivity contribution < 1.29 is 23.8 Å². The highest BCUT2D eigenvalue weighted by Crippen LogP contribution is 2.35. The molecule has 0 radical (unpaired) electrons. The SMILES string of the molecule is CC(=O)c1ccc([C@H](c2cccc(OCC(=O)O)c2)N2C[C@@H](C)N(Cc3ccc(F)cc3)C[C@@H]2C)cc1. The minimum atomic E-state index is -1.03. The van der Waals surface area contributed by atoms with E-state index >= 15 is 0 Å². The summed E-state index contributed by atoms with van der Waals surface area (Å²) in [4.78, 5) is 27.8. The normalized spacial score (nSPS) is 19.4. The van der Waals surface area contributed by atoms with Gasteiger partial charge in [-0.1, -0.05) is 48.5 Å². The summed E-state index contributed by atoms with van der Waals surface area (Å²) < 4.78 is 18.8. The van der Waals surface area contributed by atoms with Crippen molar-refractivity contribution in [2.24, 2.45) is 0 Å². The number of carbonyl (C=O) groups is 2. The van der Waals surface area contributed by atoms with Gasteiger partial charge in [-0.05, 0) is 61.7 Å². The predicted octanol–water partition coefficient (Wildman–Crippen LogP) is 5.18. The highest BCUT2D eigenvalue weighted by Gasteiger charge is 2.35.